The molecule has 0 aromatic heterocycles. The van der Waals surface area contributed by atoms with Crippen LogP contribution < -0.4 is 5.32 Å². The summed E-state index contributed by atoms with van der Waals surface area (Å²) >= 11 is 1.81. The van der Waals surface area contributed by atoms with Crippen LogP contribution in [0.1, 0.15) is 226 Å². The van der Waals surface area contributed by atoms with Crippen LogP contribution in [0.15, 0.2) is 0 Å². The van der Waals surface area contributed by atoms with Crippen molar-refractivity contribution in [1.29, 1.82) is 5.41 Å². The Balaban J connectivity index is 3.24. The van der Waals surface area contributed by atoms with Gasteiger partial charge in [-0.2, -0.15) is 11.8 Å². The topological polar surface area (TPSA) is 62.2 Å². The Bertz CT molecular complexity index is 615. The number of ether oxygens (including phenoxy) is 1. The van der Waals surface area contributed by atoms with E-state index in [0.29, 0.717) is 18.9 Å². The first kappa shape index (κ1) is 45.3. The van der Waals surface area contributed by atoms with Gasteiger partial charge in [0.05, 0.1) is 18.9 Å². The van der Waals surface area contributed by atoms with Crippen LogP contribution in [0.3, 0.4) is 0 Å². The molecule has 274 valence electrons. The van der Waals surface area contributed by atoms with Crippen LogP contribution in [-0.2, 0) is 9.53 Å². The molecule has 0 radical (unpaired) electrons. The van der Waals surface area contributed by atoms with Crippen molar-refractivity contribution in [1.82, 2.24) is 5.32 Å². The Morgan fingerprint density at radius 1 is 0.478 bits per heavy atom. The number of hydrogen-bond acceptors (Lipinski definition) is 4. The fraction of sp³-hybridized carbons (Fsp3) is 0.951. The molecule has 0 aromatic rings. The van der Waals surface area contributed by atoms with Crippen molar-refractivity contribution in [2.24, 2.45) is 0 Å². The number of carbonyl (C=O) groups is 1. The predicted octanol–water partition coefficient (Wildman–Crippen LogP) is 13.7. The summed E-state index contributed by atoms with van der Waals surface area (Å²) in [7, 11) is 0. The third-order valence-electron chi connectivity index (χ3n) is 9.30. The average Bonchev–Trinajstić information content (AvgIpc) is 3.06. The Morgan fingerprint density at radius 2 is 0.848 bits per heavy atom. The highest BCUT2D eigenvalue weighted by Gasteiger charge is 2.04. The first-order valence-corrected chi connectivity index (χ1v) is 21.9. The Labute approximate surface area is 293 Å². The van der Waals surface area contributed by atoms with Crippen LogP contribution in [0.5, 0.6) is 0 Å². The van der Waals surface area contributed by atoms with E-state index in [0.717, 1.165) is 37.3 Å². The number of nitrogens with one attached hydrogen (secondary N) is 2. The molecule has 0 fully saturated rings. The highest BCUT2D eigenvalue weighted by Crippen LogP contribution is 2.15. The lowest BCUT2D eigenvalue weighted by Gasteiger charge is -2.08. The van der Waals surface area contributed by atoms with E-state index in [-0.39, 0.29) is 5.97 Å². The van der Waals surface area contributed by atoms with Crippen LogP contribution in [0.2, 0.25) is 0 Å². The minimum Gasteiger partial charge on any atom is -0.466 e. The number of thioether (sulfide) groups is 1. The van der Waals surface area contributed by atoms with E-state index < -0.39 is 0 Å². The molecule has 0 saturated heterocycles. The Morgan fingerprint density at radius 3 is 1.26 bits per heavy atom. The second-order valence-electron chi connectivity index (χ2n) is 14.0. The molecule has 5 heteroatoms. The number of hydrogen-bond donors (Lipinski definition) is 2. The van der Waals surface area contributed by atoms with Gasteiger partial charge in [-0.1, -0.05) is 194 Å². The van der Waals surface area contributed by atoms with Crippen molar-refractivity contribution >= 4 is 23.6 Å². The van der Waals surface area contributed by atoms with Gasteiger partial charge in [-0.25, -0.2) is 0 Å². The molecule has 0 saturated carbocycles. The molecule has 4 nitrogen and oxygen atoms in total. The van der Waals surface area contributed by atoms with Crippen LogP contribution in [-0.4, -0.2) is 36.5 Å². The van der Waals surface area contributed by atoms with Gasteiger partial charge in [-0.3, -0.25) is 10.2 Å². The lowest BCUT2D eigenvalue weighted by atomic mass is 10.0. The average molecular weight is 667 g/mol. The zero-order chi connectivity index (χ0) is 33.4. The van der Waals surface area contributed by atoms with Crippen LogP contribution in [0, 0.1) is 5.41 Å². The molecule has 0 heterocycles. The van der Waals surface area contributed by atoms with E-state index in [1.165, 1.54) is 186 Å². The second kappa shape index (κ2) is 40.5. The quantitative estimate of drug-likeness (QED) is 0.0297. The molecule has 0 aliphatic heterocycles. The summed E-state index contributed by atoms with van der Waals surface area (Å²) in [6.07, 6.45) is 43.4. The van der Waals surface area contributed by atoms with Crippen LogP contribution in [0.4, 0.5) is 0 Å². The summed E-state index contributed by atoms with van der Waals surface area (Å²) in [6, 6.07) is 0. The SMILES string of the molecule is CCCCCCCCCCCCCCCCCCNC(=N)CCCSCCC(=O)OCCCCCCCCCCCCCCCC. The number of rotatable bonds is 39. The maximum absolute atomic E-state index is 12.0. The third kappa shape index (κ3) is 39.5. The Hall–Kier alpha value is -0.710. The third-order valence-corrected chi connectivity index (χ3v) is 10.4. The minimum absolute atomic E-state index is 0.0459. The van der Waals surface area contributed by atoms with Gasteiger partial charge in [0.15, 0.2) is 0 Å². The number of amidine groups is 1. The first-order chi connectivity index (χ1) is 22.7. The van der Waals surface area contributed by atoms with Crippen LogP contribution in [0.25, 0.3) is 0 Å². The summed E-state index contributed by atoms with van der Waals surface area (Å²) in [6.45, 7) is 6.10. The number of carbonyl (C=O) groups excluding carboxylic acids is 1. The standard InChI is InChI=1S/C41H82N2O2S/c1-3-5-7-9-11-13-15-17-19-20-21-23-25-27-29-31-36-43-40(42)34-33-38-46-39-35-41(44)45-37-32-30-28-26-24-22-18-16-14-12-10-8-6-4-2/h3-39H2,1-2H3,(H2,42,43). The highest BCUT2D eigenvalue weighted by molar-refractivity contribution is 7.99. The summed E-state index contributed by atoms with van der Waals surface area (Å²) < 4.78 is 5.42. The molecule has 0 amide bonds. The molecule has 46 heavy (non-hydrogen) atoms. The maximum Gasteiger partial charge on any atom is 0.306 e. The van der Waals surface area contributed by atoms with E-state index in [1.807, 2.05) is 11.8 Å². The lowest BCUT2D eigenvalue weighted by Crippen LogP contribution is -2.23. The van der Waals surface area contributed by atoms with Gasteiger partial charge in [0, 0.05) is 18.7 Å². The largest absolute Gasteiger partial charge is 0.466 e. The number of esters is 1. The minimum atomic E-state index is -0.0459. The zero-order valence-corrected chi connectivity index (χ0v) is 32.2. The molecule has 0 aromatic carbocycles. The summed E-state index contributed by atoms with van der Waals surface area (Å²) in [5.74, 6) is 2.47. The van der Waals surface area contributed by atoms with Gasteiger partial charge >= 0.3 is 5.97 Å². The molecule has 0 spiro atoms. The molecule has 2 N–H and O–H groups in total. The van der Waals surface area contributed by atoms with Crippen molar-refractivity contribution in [2.75, 3.05) is 24.7 Å². The van der Waals surface area contributed by atoms with Crippen molar-refractivity contribution in [2.45, 2.75) is 226 Å². The van der Waals surface area contributed by atoms with Gasteiger partial charge in [-0.15, -0.1) is 0 Å². The molecule has 0 atom stereocenters. The first-order valence-electron chi connectivity index (χ1n) is 20.7. The van der Waals surface area contributed by atoms with Gasteiger partial charge in [-0.05, 0) is 25.0 Å². The Kier molecular flexibility index (Phi) is 39.8. The normalized spacial score (nSPS) is 11.3. The molecular formula is C41H82N2O2S. The van der Waals surface area contributed by atoms with Crippen molar-refractivity contribution in [3.8, 4) is 0 Å². The lowest BCUT2D eigenvalue weighted by molar-refractivity contribution is -0.143. The van der Waals surface area contributed by atoms with Crippen molar-refractivity contribution in [3.63, 3.8) is 0 Å². The van der Waals surface area contributed by atoms with E-state index in [4.69, 9.17) is 10.1 Å². The van der Waals surface area contributed by atoms with Gasteiger partial charge in [0.25, 0.3) is 0 Å². The fourth-order valence-electron chi connectivity index (χ4n) is 6.16. The predicted molar refractivity (Wildman–Crippen MR) is 208 cm³/mol. The van der Waals surface area contributed by atoms with Gasteiger partial charge in [0.1, 0.15) is 0 Å². The van der Waals surface area contributed by atoms with E-state index in [9.17, 15) is 4.79 Å². The summed E-state index contributed by atoms with van der Waals surface area (Å²) in [5, 5.41) is 11.4. The zero-order valence-electron chi connectivity index (χ0n) is 31.4. The smallest absolute Gasteiger partial charge is 0.306 e. The highest BCUT2D eigenvalue weighted by atomic mass is 32.2. The molecule has 0 aliphatic carbocycles. The van der Waals surface area contributed by atoms with Crippen molar-refractivity contribution < 1.29 is 9.53 Å². The van der Waals surface area contributed by atoms with Gasteiger partial charge in [0.2, 0.25) is 0 Å². The number of unbranched alkanes of at least 4 members (excludes halogenated alkanes) is 28. The monoisotopic (exact) mass is 667 g/mol. The maximum atomic E-state index is 12.0. The van der Waals surface area contributed by atoms with Crippen LogP contribution >= 0.6 is 11.8 Å². The second-order valence-corrected chi connectivity index (χ2v) is 15.2. The summed E-state index contributed by atoms with van der Waals surface area (Å²) in [5.41, 5.74) is 0. The molecular weight excluding hydrogens is 585 g/mol. The van der Waals surface area contributed by atoms with E-state index >= 15 is 0 Å². The fourth-order valence-corrected chi connectivity index (χ4v) is 7.03. The molecule has 0 bridgehead atoms. The molecule has 0 rings (SSSR count). The van der Waals surface area contributed by atoms with Crippen molar-refractivity contribution in [3.05, 3.63) is 0 Å². The van der Waals surface area contributed by atoms with E-state index in [1.54, 1.807) is 0 Å². The van der Waals surface area contributed by atoms with E-state index in [2.05, 4.69) is 19.2 Å². The van der Waals surface area contributed by atoms with Gasteiger partial charge < -0.3 is 10.1 Å². The molecule has 0 unspecified atom stereocenters. The molecule has 0 aliphatic rings. The summed E-state index contributed by atoms with van der Waals surface area (Å²) in [4.78, 5) is 12.0.